The first-order chi connectivity index (χ1) is 16.7. The lowest BCUT2D eigenvalue weighted by Gasteiger charge is -2.13. The van der Waals surface area contributed by atoms with Crippen LogP contribution in [0.3, 0.4) is 0 Å². The number of hydrogen-bond donors (Lipinski definition) is 2. The molecule has 0 bridgehead atoms. The maximum Gasteiger partial charge on any atom is 0.329 e. The molecule has 3 aromatic rings. The average Bonchev–Trinajstić information content (AvgIpc) is 2.84. The van der Waals surface area contributed by atoms with Crippen LogP contribution in [0.2, 0.25) is 15.1 Å². The van der Waals surface area contributed by atoms with Gasteiger partial charge in [-0.2, -0.15) is 5.10 Å². The summed E-state index contributed by atoms with van der Waals surface area (Å²) in [4.78, 5) is 24.3. The van der Waals surface area contributed by atoms with E-state index in [2.05, 4.69) is 15.8 Å². The summed E-state index contributed by atoms with van der Waals surface area (Å²) in [5.74, 6) is -1.75. The van der Waals surface area contributed by atoms with Crippen LogP contribution in [-0.2, 0) is 16.2 Å². The fraction of sp³-hybridized carbons (Fsp3) is 0.125. The first kappa shape index (κ1) is 26.3. The maximum absolute atomic E-state index is 14.0. The van der Waals surface area contributed by atoms with E-state index in [4.69, 9.17) is 44.3 Å². The largest absolute Gasteiger partial charge is 0.493 e. The number of anilines is 1. The number of benzene rings is 3. The van der Waals surface area contributed by atoms with Crippen LogP contribution in [0.5, 0.6) is 11.5 Å². The molecule has 0 spiro atoms. The SMILES string of the molecule is COc1cc(/C(C)=N/NC(=O)C(=O)Nc2cccc(Cl)c2Cl)ccc1OCc1c(F)cccc1Cl. The van der Waals surface area contributed by atoms with Crippen molar-refractivity contribution in [2.24, 2.45) is 5.10 Å². The number of hydrogen-bond acceptors (Lipinski definition) is 5. The van der Waals surface area contributed by atoms with Gasteiger partial charge in [0.2, 0.25) is 0 Å². The number of nitrogens with zero attached hydrogens (tertiary/aromatic N) is 1. The molecule has 0 radical (unpaired) electrons. The minimum Gasteiger partial charge on any atom is -0.493 e. The number of carbonyl (C=O) groups excluding carboxylic acids is 2. The van der Waals surface area contributed by atoms with Gasteiger partial charge in [-0.15, -0.1) is 0 Å². The van der Waals surface area contributed by atoms with Gasteiger partial charge in [0.1, 0.15) is 12.4 Å². The normalized spacial score (nSPS) is 11.1. The number of ether oxygens (including phenoxy) is 2. The van der Waals surface area contributed by atoms with Crippen LogP contribution in [0.15, 0.2) is 59.7 Å². The summed E-state index contributed by atoms with van der Waals surface area (Å²) in [6.07, 6.45) is 0. The number of carbonyl (C=O) groups is 2. The summed E-state index contributed by atoms with van der Waals surface area (Å²) in [6, 6.07) is 13.9. The highest BCUT2D eigenvalue weighted by Crippen LogP contribution is 2.31. The van der Waals surface area contributed by atoms with Crippen molar-refractivity contribution < 1.29 is 23.5 Å². The minimum atomic E-state index is -1.01. The Morgan fingerprint density at radius 2 is 1.69 bits per heavy atom. The third-order valence-corrected chi connectivity index (χ3v) is 5.92. The number of nitrogens with one attached hydrogen (secondary N) is 2. The number of halogens is 4. The van der Waals surface area contributed by atoms with Crippen molar-refractivity contribution in [3.05, 3.63) is 86.6 Å². The van der Waals surface area contributed by atoms with Crippen LogP contribution in [-0.4, -0.2) is 24.6 Å². The zero-order chi connectivity index (χ0) is 25.5. The topological polar surface area (TPSA) is 89.0 Å². The molecule has 0 heterocycles. The molecule has 0 saturated carbocycles. The van der Waals surface area contributed by atoms with Crippen molar-refractivity contribution in [1.29, 1.82) is 0 Å². The third kappa shape index (κ3) is 6.63. The number of amides is 2. The van der Waals surface area contributed by atoms with Gasteiger partial charge in [-0.3, -0.25) is 9.59 Å². The molecule has 0 saturated heterocycles. The van der Waals surface area contributed by atoms with Gasteiger partial charge in [-0.1, -0.05) is 46.9 Å². The van der Waals surface area contributed by atoms with E-state index < -0.39 is 17.6 Å². The van der Waals surface area contributed by atoms with Crippen LogP contribution >= 0.6 is 34.8 Å². The van der Waals surface area contributed by atoms with Crippen molar-refractivity contribution in [3.63, 3.8) is 0 Å². The Labute approximate surface area is 215 Å². The van der Waals surface area contributed by atoms with Crippen molar-refractivity contribution in [1.82, 2.24) is 5.43 Å². The molecule has 35 heavy (non-hydrogen) atoms. The summed E-state index contributed by atoms with van der Waals surface area (Å²) in [7, 11) is 1.45. The molecule has 0 aliphatic carbocycles. The number of rotatable bonds is 7. The minimum absolute atomic E-state index is 0.101. The van der Waals surface area contributed by atoms with E-state index in [1.807, 2.05) is 0 Å². The fourth-order valence-corrected chi connectivity index (χ4v) is 3.43. The van der Waals surface area contributed by atoms with Crippen LogP contribution in [0.4, 0.5) is 10.1 Å². The van der Waals surface area contributed by atoms with Crippen molar-refractivity contribution in [2.45, 2.75) is 13.5 Å². The molecule has 0 aliphatic rings. The average molecular weight is 539 g/mol. The van der Waals surface area contributed by atoms with Crippen molar-refractivity contribution >= 4 is 58.0 Å². The lowest BCUT2D eigenvalue weighted by atomic mass is 10.1. The van der Waals surface area contributed by atoms with E-state index in [0.29, 0.717) is 22.8 Å². The molecule has 3 rings (SSSR count). The molecular weight excluding hydrogens is 520 g/mol. The molecule has 2 amide bonds. The summed E-state index contributed by atoms with van der Waals surface area (Å²) in [5, 5.41) is 6.92. The van der Waals surface area contributed by atoms with Crippen LogP contribution in [0.1, 0.15) is 18.1 Å². The highest BCUT2D eigenvalue weighted by molar-refractivity contribution is 6.45. The van der Waals surface area contributed by atoms with Gasteiger partial charge >= 0.3 is 11.8 Å². The second-order valence-corrected chi connectivity index (χ2v) is 8.24. The highest BCUT2D eigenvalue weighted by atomic mass is 35.5. The lowest BCUT2D eigenvalue weighted by Crippen LogP contribution is -2.33. The monoisotopic (exact) mass is 537 g/mol. The molecule has 2 N–H and O–H groups in total. The van der Waals surface area contributed by atoms with Gasteiger partial charge in [0, 0.05) is 11.1 Å². The lowest BCUT2D eigenvalue weighted by molar-refractivity contribution is -0.136. The van der Waals surface area contributed by atoms with E-state index in [1.165, 1.54) is 25.3 Å². The first-order valence-electron chi connectivity index (χ1n) is 10.0. The Bertz CT molecular complexity index is 1280. The van der Waals surface area contributed by atoms with Crippen molar-refractivity contribution in [3.8, 4) is 11.5 Å². The summed E-state index contributed by atoms with van der Waals surface area (Å²) < 4.78 is 25.0. The predicted octanol–water partition coefficient (Wildman–Crippen LogP) is 5.85. The Morgan fingerprint density at radius 3 is 2.40 bits per heavy atom. The van der Waals surface area contributed by atoms with E-state index in [-0.39, 0.29) is 32.9 Å². The summed E-state index contributed by atoms with van der Waals surface area (Å²) >= 11 is 17.9. The maximum atomic E-state index is 14.0. The van der Waals surface area contributed by atoms with Gasteiger partial charge in [-0.05, 0) is 49.4 Å². The molecule has 0 fully saturated rings. The first-order valence-corrected chi connectivity index (χ1v) is 11.2. The zero-order valence-electron chi connectivity index (χ0n) is 18.5. The standard InChI is InChI=1S/C24H19Cl3FN3O4/c1-13(30-31-24(33)23(32)29-19-8-4-6-17(26)22(19)27)14-9-10-20(21(11-14)34-2)35-12-15-16(25)5-3-7-18(15)28/h3-11H,12H2,1-2H3,(H,29,32)(H,31,33)/b30-13+. The predicted molar refractivity (Wildman–Crippen MR) is 134 cm³/mol. The van der Waals surface area contributed by atoms with Gasteiger partial charge in [-0.25, -0.2) is 9.82 Å². The molecule has 11 heteroatoms. The van der Waals surface area contributed by atoms with Gasteiger partial charge in [0.25, 0.3) is 0 Å². The third-order valence-electron chi connectivity index (χ3n) is 4.75. The van der Waals surface area contributed by atoms with E-state index in [9.17, 15) is 14.0 Å². The molecule has 0 aliphatic heterocycles. The van der Waals surface area contributed by atoms with Crippen LogP contribution in [0.25, 0.3) is 0 Å². The summed E-state index contributed by atoms with van der Waals surface area (Å²) in [5.41, 5.74) is 3.55. The van der Waals surface area contributed by atoms with Crippen LogP contribution in [0, 0.1) is 5.82 Å². The Morgan fingerprint density at radius 1 is 0.971 bits per heavy atom. The van der Waals surface area contributed by atoms with E-state index >= 15 is 0 Å². The second-order valence-electron chi connectivity index (χ2n) is 7.05. The van der Waals surface area contributed by atoms with Crippen LogP contribution < -0.4 is 20.2 Å². The van der Waals surface area contributed by atoms with Gasteiger partial charge in [0.05, 0.1) is 33.6 Å². The Balaban J connectivity index is 1.66. The molecule has 0 unspecified atom stereocenters. The molecule has 182 valence electrons. The fourth-order valence-electron chi connectivity index (χ4n) is 2.86. The molecule has 3 aromatic carbocycles. The van der Waals surface area contributed by atoms with E-state index in [1.54, 1.807) is 43.3 Å². The van der Waals surface area contributed by atoms with Gasteiger partial charge < -0.3 is 14.8 Å². The second kappa shape index (κ2) is 11.9. The zero-order valence-corrected chi connectivity index (χ0v) is 20.8. The quantitative estimate of drug-likeness (QED) is 0.224. The highest BCUT2D eigenvalue weighted by Gasteiger charge is 2.16. The Kier molecular flexibility index (Phi) is 8.92. The molecule has 7 nitrogen and oxygen atoms in total. The molecule has 0 atom stereocenters. The summed E-state index contributed by atoms with van der Waals surface area (Å²) in [6.45, 7) is 1.52. The number of methoxy groups -OCH3 is 1. The number of hydrazone groups is 1. The van der Waals surface area contributed by atoms with Crippen molar-refractivity contribution in [2.75, 3.05) is 12.4 Å². The molecular formula is C24H19Cl3FN3O4. The van der Waals surface area contributed by atoms with E-state index in [0.717, 1.165) is 0 Å². The Hall–Kier alpha value is -3.33. The van der Waals surface area contributed by atoms with Gasteiger partial charge in [0.15, 0.2) is 11.5 Å². The smallest absolute Gasteiger partial charge is 0.329 e. The molecule has 0 aromatic heterocycles.